The molecule has 1 fully saturated rings. The molecule has 0 aliphatic carbocycles. The molecule has 0 bridgehead atoms. The number of esters is 1. The summed E-state index contributed by atoms with van der Waals surface area (Å²) in [7, 11) is 4.10. The van der Waals surface area contributed by atoms with Crippen LogP contribution in [0.5, 0.6) is 11.5 Å². The molecule has 8 nitrogen and oxygen atoms in total. The molecule has 29 heavy (non-hydrogen) atoms. The first-order valence-corrected chi connectivity index (χ1v) is 9.05. The smallest absolute Gasteiger partial charge is 0.340 e. The average molecular weight is 396 g/mol. The normalized spacial score (nSPS) is 17.7. The molecule has 1 saturated heterocycles. The molecule has 3 amide bonds. The van der Waals surface area contributed by atoms with Gasteiger partial charge in [-0.25, -0.2) is 14.5 Å². The van der Waals surface area contributed by atoms with E-state index in [9.17, 15) is 14.4 Å². The van der Waals surface area contributed by atoms with Gasteiger partial charge < -0.3 is 19.1 Å². The Balaban J connectivity index is 1.80. The van der Waals surface area contributed by atoms with Crippen LogP contribution in [0.25, 0.3) is 0 Å². The number of urea groups is 1. The molecule has 0 spiro atoms. The van der Waals surface area contributed by atoms with E-state index >= 15 is 0 Å². The zero-order valence-corrected chi connectivity index (χ0v) is 16.3. The number of carbonyl (C=O) groups excluding carboxylic acids is 3. The SMILES string of the molecule is COC(=O)c1cc(OC)c(OC)cc1N1C(=O)[C@@H]2Cc3ccccc3CN2C1=O. The van der Waals surface area contributed by atoms with Crippen molar-refractivity contribution in [2.75, 3.05) is 26.2 Å². The van der Waals surface area contributed by atoms with Crippen LogP contribution >= 0.6 is 0 Å². The molecular formula is C21H20N2O6. The summed E-state index contributed by atoms with van der Waals surface area (Å²) < 4.78 is 15.4. The third-order valence-corrected chi connectivity index (χ3v) is 5.34. The molecule has 8 heteroatoms. The molecule has 0 radical (unpaired) electrons. The summed E-state index contributed by atoms with van der Waals surface area (Å²) in [5.74, 6) is -0.485. The van der Waals surface area contributed by atoms with E-state index in [-0.39, 0.29) is 17.2 Å². The third kappa shape index (κ3) is 2.88. The van der Waals surface area contributed by atoms with Gasteiger partial charge in [0.25, 0.3) is 5.91 Å². The van der Waals surface area contributed by atoms with Gasteiger partial charge in [0.1, 0.15) is 6.04 Å². The third-order valence-electron chi connectivity index (χ3n) is 5.34. The van der Waals surface area contributed by atoms with Crippen molar-refractivity contribution < 1.29 is 28.6 Å². The zero-order chi connectivity index (χ0) is 20.7. The lowest BCUT2D eigenvalue weighted by Gasteiger charge is -2.28. The minimum Gasteiger partial charge on any atom is -0.493 e. The quantitative estimate of drug-likeness (QED) is 0.583. The Morgan fingerprint density at radius 2 is 1.66 bits per heavy atom. The molecule has 4 rings (SSSR count). The van der Waals surface area contributed by atoms with Gasteiger partial charge in [0, 0.05) is 25.1 Å². The van der Waals surface area contributed by atoms with Crippen LogP contribution < -0.4 is 14.4 Å². The van der Waals surface area contributed by atoms with Crippen molar-refractivity contribution in [1.82, 2.24) is 4.90 Å². The first-order chi connectivity index (χ1) is 14.0. The number of rotatable bonds is 4. The lowest BCUT2D eigenvalue weighted by molar-refractivity contribution is -0.120. The molecule has 2 aliphatic heterocycles. The molecule has 0 aromatic heterocycles. The molecule has 150 valence electrons. The number of carbonyl (C=O) groups is 3. The van der Waals surface area contributed by atoms with Crippen LogP contribution in [0.1, 0.15) is 21.5 Å². The number of methoxy groups -OCH3 is 3. The number of hydrogen-bond donors (Lipinski definition) is 0. The van der Waals surface area contributed by atoms with E-state index in [4.69, 9.17) is 14.2 Å². The van der Waals surface area contributed by atoms with Gasteiger partial charge in [-0.1, -0.05) is 24.3 Å². The minimum atomic E-state index is -0.685. The van der Waals surface area contributed by atoms with Crippen LogP contribution in [0, 0.1) is 0 Å². The maximum absolute atomic E-state index is 13.2. The monoisotopic (exact) mass is 396 g/mol. The van der Waals surface area contributed by atoms with Crippen LogP contribution in [0.3, 0.4) is 0 Å². The van der Waals surface area contributed by atoms with E-state index < -0.39 is 18.0 Å². The first kappa shape index (κ1) is 18.8. The number of amides is 3. The van der Waals surface area contributed by atoms with Crippen LogP contribution in [0.15, 0.2) is 36.4 Å². The Morgan fingerprint density at radius 1 is 1.00 bits per heavy atom. The van der Waals surface area contributed by atoms with Gasteiger partial charge in [-0.3, -0.25) is 4.79 Å². The van der Waals surface area contributed by atoms with Crippen LogP contribution in [0.2, 0.25) is 0 Å². The van der Waals surface area contributed by atoms with Crippen LogP contribution in [-0.2, 0) is 22.5 Å². The van der Waals surface area contributed by atoms with Gasteiger partial charge in [0.05, 0.1) is 32.6 Å². The number of anilines is 1. The second kappa shape index (κ2) is 7.12. The molecule has 0 unspecified atom stereocenters. The second-order valence-electron chi connectivity index (χ2n) is 6.79. The summed E-state index contributed by atoms with van der Waals surface area (Å²) in [5.41, 5.74) is 2.21. The number of ether oxygens (including phenoxy) is 3. The molecule has 0 saturated carbocycles. The maximum Gasteiger partial charge on any atom is 0.340 e. The topological polar surface area (TPSA) is 85.4 Å². The van der Waals surface area contributed by atoms with Crippen molar-refractivity contribution in [3.05, 3.63) is 53.1 Å². The summed E-state index contributed by atoms with van der Waals surface area (Å²) >= 11 is 0. The van der Waals surface area contributed by atoms with Crippen molar-refractivity contribution in [2.24, 2.45) is 0 Å². The highest BCUT2D eigenvalue weighted by Gasteiger charge is 2.49. The van der Waals surface area contributed by atoms with Gasteiger partial charge in [0.15, 0.2) is 11.5 Å². The van der Waals surface area contributed by atoms with E-state index in [0.717, 1.165) is 16.0 Å². The average Bonchev–Trinajstić information content (AvgIpc) is 3.00. The fourth-order valence-corrected chi connectivity index (χ4v) is 3.86. The summed E-state index contributed by atoms with van der Waals surface area (Å²) in [6, 6.07) is 9.49. The Morgan fingerprint density at radius 3 is 2.31 bits per heavy atom. The number of imide groups is 1. The fourth-order valence-electron chi connectivity index (χ4n) is 3.86. The summed E-state index contributed by atoms with van der Waals surface area (Å²) in [5, 5.41) is 0. The fraction of sp³-hybridized carbons (Fsp3) is 0.286. The van der Waals surface area contributed by atoms with Gasteiger partial charge in [0.2, 0.25) is 0 Å². The van der Waals surface area contributed by atoms with Gasteiger partial charge in [-0.05, 0) is 11.1 Å². The number of fused-ring (bicyclic) bond motifs is 2. The maximum atomic E-state index is 13.2. The Labute approximate surface area is 167 Å². The predicted molar refractivity (Wildman–Crippen MR) is 103 cm³/mol. The zero-order valence-electron chi connectivity index (χ0n) is 16.3. The largest absolute Gasteiger partial charge is 0.493 e. The van der Waals surface area contributed by atoms with Gasteiger partial charge in [-0.2, -0.15) is 0 Å². The summed E-state index contributed by atoms with van der Waals surface area (Å²) in [6.07, 6.45) is 0.429. The molecule has 1 atom stereocenters. The lowest BCUT2D eigenvalue weighted by Crippen LogP contribution is -2.39. The first-order valence-electron chi connectivity index (χ1n) is 9.05. The highest BCUT2D eigenvalue weighted by atomic mass is 16.5. The van der Waals surface area contributed by atoms with E-state index in [1.165, 1.54) is 38.4 Å². The second-order valence-corrected chi connectivity index (χ2v) is 6.79. The van der Waals surface area contributed by atoms with Gasteiger partial charge in [-0.15, -0.1) is 0 Å². The molecule has 2 aromatic carbocycles. The summed E-state index contributed by atoms with van der Waals surface area (Å²) in [4.78, 5) is 41.3. The molecule has 2 heterocycles. The minimum absolute atomic E-state index is 0.0456. The van der Waals surface area contributed by atoms with Gasteiger partial charge >= 0.3 is 12.0 Å². The Bertz CT molecular complexity index is 975. The molecule has 2 aromatic rings. The van der Waals surface area contributed by atoms with Crippen molar-refractivity contribution >= 4 is 23.6 Å². The van der Waals surface area contributed by atoms with E-state index in [2.05, 4.69) is 0 Å². The van der Waals surface area contributed by atoms with E-state index in [0.29, 0.717) is 24.5 Å². The molecule has 2 aliphatic rings. The van der Waals surface area contributed by atoms with E-state index in [1.807, 2.05) is 24.3 Å². The van der Waals surface area contributed by atoms with Crippen LogP contribution in [0.4, 0.5) is 10.5 Å². The van der Waals surface area contributed by atoms with Crippen molar-refractivity contribution in [3.63, 3.8) is 0 Å². The van der Waals surface area contributed by atoms with Crippen LogP contribution in [-0.4, -0.2) is 50.2 Å². The molecular weight excluding hydrogens is 376 g/mol. The summed E-state index contributed by atoms with van der Waals surface area (Å²) in [6.45, 7) is 0.336. The predicted octanol–water partition coefficient (Wildman–Crippen LogP) is 2.38. The van der Waals surface area contributed by atoms with Crippen molar-refractivity contribution in [3.8, 4) is 11.5 Å². The number of nitrogens with zero attached hydrogens (tertiary/aromatic N) is 2. The Hall–Kier alpha value is -3.55. The Kier molecular flexibility index (Phi) is 4.62. The van der Waals surface area contributed by atoms with Crippen molar-refractivity contribution in [1.29, 1.82) is 0 Å². The number of hydrogen-bond acceptors (Lipinski definition) is 6. The highest BCUT2D eigenvalue weighted by molar-refractivity contribution is 6.23. The van der Waals surface area contributed by atoms with Crippen molar-refractivity contribution in [2.45, 2.75) is 19.0 Å². The highest BCUT2D eigenvalue weighted by Crippen LogP contribution is 2.39. The lowest BCUT2D eigenvalue weighted by atomic mass is 9.95. The van der Waals surface area contributed by atoms with E-state index in [1.54, 1.807) is 0 Å². The number of benzene rings is 2. The molecule has 0 N–H and O–H groups in total. The standard InChI is InChI=1S/C21H20N2O6/c1-27-17-9-14(20(25)29-3)15(10-18(17)28-2)23-19(24)16-8-12-6-4-5-7-13(12)11-22(16)21(23)26/h4-7,9-10,16H,8,11H2,1-3H3/t16-/m0/s1.